The van der Waals surface area contributed by atoms with Crippen LogP contribution in [0, 0.1) is 0 Å². The second kappa shape index (κ2) is 7.21. The van der Waals surface area contributed by atoms with E-state index in [0.29, 0.717) is 13.2 Å². The van der Waals surface area contributed by atoms with E-state index in [-0.39, 0.29) is 11.5 Å². The molecule has 1 fully saturated rings. The van der Waals surface area contributed by atoms with Crippen LogP contribution in [-0.2, 0) is 14.9 Å². The minimum absolute atomic E-state index is 0.0125. The summed E-state index contributed by atoms with van der Waals surface area (Å²) in [6.07, 6.45) is 6.23. The van der Waals surface area contributed by atoms with Crippen LogP contribution in [0.1, 0.15) is 49.3 Å². The molecule has 0 heterocycles. The van der Waals surface area contributed by atoms with E-state index in [1.54, 1.807) is 14.2 Å². The molecule has 112 valence electrons. The molecular formula is C17H27NO2. The lowest BCUT2D eigenvalue weighted by molar-refractivity contribution is 0.0260. The van der Waals surface area contributed by atoms with Gasteiger partial charge in [-0.25, -0.2) is 0 Å². The Morgan fingerprint density at radius 3 is 2.45 bits per heavy atom. The fourth-order valence-corrected chi connectivity index (χ4v) is 3.51. The minimum Gasteiger partial charge on any atom is -0.382 e. The van der Waals surface area contributed by atoms with E-state index >= 15 is 0 Å². The molecule has 0 aromatic heterocycles. The highest BCUT2D eigenvalue weighted by Crippen LogP contribution is 2.41. The van der Waals surface area contributed by atoms with Crippen molar-refractivity contribution in [3.8, 4) is 0 Å². The first-order valence-corrected chi connectivity index (χ1v) is 7.58. The van der Waals surface area contributed by atoms with Crippen molar-refractivity contribution in [2.75, 3.05) is 27.4 Å². The number of hydrogen-bond acceptors (Lipinski definition) is 3. The van der Waals surface area contributed by atoms with Gasteiger partial charge in [0.2, 0.25) is 0 Å². The Kier molecular flexibility index (Phi) is 5.58. The summed E-state index contributed by atoms with van der Waals surface area (Å²) in [5, 5.41) is 0. The number of methoxy groups -OCH3 is 2. The number of hydrogen-bond donors (Lipinski definition) is 1. The Bertz CT molecular complexity index is 413. The van der Waals surface area contributed by atoms with Crippen LogP contribution >= 0.6 is 0 Å². The summed E-state index contributed by atoms with van der Waals surface area (Å²) in [5.74, 6) is 0. The summed E-state index contributed by atoms with van der Waals surface area (Å²) < 4.78 is 10.9. The molecule has 2 N–H and O–H groups in total. The molecule has 1 saturated carbocycles. The van der Waals surface area contributed by atoms with E-state index in [0.717, 1.165) is 0 Å². The van der Waals surface area contributed by atoms with Crippen LogP contribution in [0.25, 0.3) is 0 Å². The Labute approximate surface area is 122 Å². The number of rotatable bonds is 6. The van der Waals surface area contributed by atoms with Gasteiger partial charge in [-0.2, -0.15) is 0 Å². The van der Waals surface area contributed by atoms with Crippen molar-refractivity contribution in [3.05, 3.63) is 35.4 Å². The van der Waals surface area contributed by atoms with Crippen molar-refractivity contribution in [2.45, 2.75) is 43.6 Å². The first-order chi connectivity index (χ1) is 9.77. The van der Waals surface area contributed by atoms with Gasteiger partial charge in [-0.1, -0.05) is 43.5 Å². The maximum Gasteiger partial charge on any atom is 0.106 e. The molecule has 0 spiro atoms. The molecular weight excluding hydrogens is 250 g/mol. The van der Waals surface area contributed by atoms with E-state index in [2.05, 4.69) is 24.3 Å². The maximum absolute atomic E-state index is 6.18. The van der Waals surface area contributed by atoms with Gasteiger partial charge in [0.25, 0.3) is 0 Å². The van der Waals surface area contributed by atoms with Crippen LogP contribution in [0.4, 0.5) is 0 Å². The number of ether oxygens (including phenoxy) is 2. The van der Waals surface area contributed by atoms with Gasteiger partial charge in [-0.15, -0.1) is 0 Å². The van der Waals surface area contributed by atoms with Gasteiger partial charge in [0.15, 0.2) is 0 Å². The molecule has 1 unspecified atom stereocenters. The maximum atomic E-state index is 6.18. The molecule has 3 heteroatoms. The molecule has 2 rings (SSSR count). The smallest absolute Gasteiger partial charge is 0.106 e. The van der Waals surface area contributed by atoms with Crippen LogP contribution in [-0.4, -0.2) is 27.4 Å². The Balaban J connectivity index is 2.39. The summed E-state index contributed by atoms with van der Waals surface area (Å²) in [4.78, 5) is 0. The van der Waals surface area contributed by atoms with Gasteiger partial charge in [0.05, 0.1) is 6.61 Å². The van der Waals surface area contributed by atoms with Gasteiger partial charge in [-0.05, 0) is 24.0 Å². The summed E-state index contributed by atoms with van der Waals surface area (Å²) in [7, 11) is 3.46. The molecule has 1 aromatic carbocycles. The zero-order chi connectivity index (χ0) is 14.4. The SMILES string of the molecule is COCC(OC)c1ccccc1C1(CN)CCCCC1. The number of nitrogens with two attached hydrogens (primary N) is 1. The first-order valence-electron chi connectivity index (χ1n) is 7.58. The third-order valence-electron chi connectivity index (χ3n) is 4.68. The zero-order valence-electron chi connectivity index (χ0n) is 12.7. The molecule has 0 saturated heterocycles. The Hall–Kier alpha value is -0.900. The molecule has 1 atom stereocenters. The summed E-state index contributed by atoms with van der Waals surface area (Å²) in [5.41, 5.74) is 8.91. The molecule has 3 nitrogen and oxygen atoms in total. The molecule has 0 amide bonds. The van der Waals surface area contributed by atoms with Crippen LogP contribution in [0.2, 0.25) is 0 Å². The van der Waals surface area contributed by atoms with Crippen molar-refractivity contribution < 1.29 is 9.47 Å². The second-order valence-corrected chi connectivity index (χ2v) is 5.81. The second-order valence-electron chi connectivity index (χ2n) is 5.81. The van der Waals surface area contributed by atoms with Crippen molar-refractivity contribution in [3.63, 3.8) is 0 Å². The van der Waals surface area contributed by atoms with E-state index in [1.165, 1.54) is 43.2 Å². The lowest BCUT2D eigenvalue weighted by atomic mass is 9.67. The largest absolute Gasteiger partial charge is 0.382 e. The molecule has 0 bridgehead atoms. The molecule has 1 aliphatic carbocycles. The lowest BCUT2D eigenvalue weighted by Gasteiger charge is -2.39. The molecule has 1 aromatic rings. The normalized spacial score (nSPS) is 19.8. The predicted molar refractivity (Wildman–Crippen MR) is 81.9 cm³/mol. The van der Waals surface area contributed by atoms with E-state index in [4.69, 9.17) is 15.2 Å². The standard InChI is InChI=1S/C17H27NO2/c1-19-12-16(20-2)14-8-4-5-9-15(14)17(13-18)10-6-3-7-11-17/h4-5,8-9,16H,3,6-7,10-13,18H2,1-2H3. The fourth-order valence-electron chi connectivity index (χ4n) is 3.51. The molecule has 20 heavy (non-hydrogen) atoms. The molecule has 0 aliphatic heterocycles. The van der Waals surface area contributed by atoms with E-state index < -0.39 is 0 Å². The zero-order valence-corrected chi connectivity index (χ0v) is 12.7. The molecule has 1 aliphatic rings. The Morgan fingerprint density at radius 1 is 1.15 bits per heavy atom. The van der Waals surface area contributed by atoms with Crippen LogP contribution in [0.5, 0.6) is 0 Å². The fraction of sp³-hybridized carbons (Fsp3) is 0.647. The quantitative estimate of drug-likeness (QED) is 0.868. The summed E-state index contributed by atoms with van der Waals surface area (Å²) >= 11 is 0. The van der Waals surface area contributed by atoms with E-state index in [9.17, 15) is 0 Å². The van der Waals surface area contributed by atoms with Crippen LogP contribution < -0.4 is 5.73 Å². The summed E-state index contributed by atoms with van der Waals surface area (Å²) in [6.45, 7) is 1.29. The van der Waals surface area contributed by atoms with Crippen molar-refractivity contribution >= 4 is 0 Å². The first kappa shape index (κ1) is 15.5. The minimum atomic E-state index is -0.0125. The predicted octanol–water partition coefficient (Wildman–Crippen LogP) is 3.18. The lowest BCUT2D eigenvalue weighted by Crippen LogP contribution is -2.38. The average molecular weight is 277 g/mol. The summed E-state index contributed by atoms with van der Waals surface area (Å²) in [6, 6.07) is 8.58. The van der Waals surface area contributed by atoms with Gasteiger partial charge in [0.1, 0.15) is 6.10 Å². The van der Waals surface area contributed by atoms with Crippen molar-refractivity contribution in [1.82, 2.24) is 0 Å². The average Bonchev–Trinajstić information content (AvgIpc) is 2.53. The van der Waals surface area contributed by atoms with Gasteiger partial charge >= 0.3 is 0 Å². The molecule has 0 radical (unpaired) electrons. The van der Waals surface area contributed by atoms with E-state index in [1.807, 2.05) is 0 Å². The van der Waals surface area contributed by atoms with Gasteiger partial charge in [-0.3, -0.25) is 0 Å². The van der Waals surface area contributed by atoms with Gasteiger partial charge < -0.3 is 15.2 Å². The third kappa shape index (κ3) is 3.05. The highest BCUT2D eigenvalue weighted by atomic mass is 16.5. The Morgan fingerprint density at radius 2 is 1.85 bits per heavy atom. The third-order valence-corrected chi connectivity index (χ3v) is 4.68. The van der Waals surface area contributed by atoms with Crippen molar-refractivity contribution in [2.24, 2.45) is 5.73 Å². The van der Waals surface area contributed by atoms with Gasteiger partial charge in [0, 0.05) is 26.2 Å². The number of benzene rings is 1. The van der Waals surface area contributed by atoms with Crippen molar-refractivity contribution in [1.29, 1.82) is 0 Å². The van der Waals surface area contributed by atoms with Crippen LogP contribution in [0.15, 0.2) is 24.3 Å². The topological polar surface area (TPSA) is 44.5 Å². The highest BCUT2D eigenvalue weighted by Gasteiger charge is 2.35. The highest BCUT2D eigenvalue weighted by molar-refractivity contribution is 5.37. The van der Waals surface area contributed by atoms with Crippen LogP contribution in [0.3, 0.4) is 0 Å². The monoisotopic (exact) mass is 277 g/mol.